The van der Waals surface area contributed by atoms with Crippen LogP contribution < -0.4 is 4.90 Å². The number of aromatic nitrogens is 2. The molecule has 0 radical (unpaired) electrons. The molecule has 1 aliphatic rings. The summed E-state index contributed by atoms with van der Waals surface area (Å²) in [5.74, 6) is -1.19. The standard InChI is InChI=1S/C18H19F3N4O/c1-2-13-3-5-14(6-4-13)15-7-8-16(23-22-15)24-9-11-25(12-10-24)17(26)18(19,20)21/h3-8H,2,9-12H2,1H3. The van der Waals surface area contributed by atoms with E-state index in [1.807, 2.05) is 35.2 Å². The Morgan fingerprint density at radius 3 is 2.15 bits per heavy atom. The van der Waals surface area contributed by atoms with Gasteiger partial charge in [-0.1, -0.05) is 31.2 Å². The smallest absolute Gasteiger partial charge is 0.352 e. The average molecular weight is 364 g/mol. The molecule has 138 valence electrons. The third-order valence-corrected chi connectivity index (χ3v) is 4.44. The van der Waals surface area contributed by atoms with Crippen molar-refractivity contribution in [1.82, 2.24) is 15.1 Å². The van der Waals surface area contributed by atoms with E-state index in [0.717, 1.165) is 22.6 Å². The number of benzene rings is 1. The lowest BCUT2D eigenvalue weighted by Crippen LogP contribution is -2.52. The predicted molar refractivity (Wildman–Crippen MR) is 91.7 cm³/mol. The summed E-state index contributed by atoms with van der Waals surface area (Å²) in [7, 11) is 0. The highest BCUT2D eigenvalue weighted by atomic mass is 19.4. The van der Waals surface area contributed by atoms with E-state index in [9.17, 15) is 18.0 Å². The van der Waals surface area contributed by atoms with E-state index in [0.29, 0.717) is 18.9 Å². The summed E-state index contributed by atoms with van der Waals surface area (Å²) in [4.78, 5) is 13.9. The van der Waals surface area contributed by atoms with Crippen LogP contribution in [0.4, 0.5) is 19.0 Å². The van der Waals surface area contributed by atoms with Crippen molar-refractivity contribution in [3.8, 4) is 11.3 Å². The Bertz CT molecular complexity index is 752. The first-order valence-electron chi connectivity index (χ1n) is 8.42. The first kappa shape index (κ1) is 18.2. The van der Waals surface area contributed by atoms with Crippen molar-refractivity contribution < 1.29 is 18.0 Å². The number of rotatable bonds is 3. The lowest BCUT2D eigenvalue weighted by Gasteiger charge is -2.35. The number of nitrogens with zero attached hydrogens (tertiary/aromatic N) is 4. The first-order chi connectivity index (χ1) is 12.4. The van der Waals surface area contributed by atoms with E-state index in [-0.39, 0.29) is 13.1 Å². The Labute approximate surface area is 149 Å². The summed E-state index contributed by atoms with van der Waals surface area (Å²) in [6.07, 6.45) is -3.86. The molecule has 0 spiro atoms. The van der Waals surface area contributed by atoms with Crippen molar-refractivity contribution in [2.45, 2.75) is 19.5 Å². The molecule has 0 unspecified atom stereocenters. The summed E-state index contributed by atoms with van der Waals surface area (Å²) < 4.78 is 37.4. The van der Waals surface area contributed by atoms with E-state index in [4.69, 9.17) is 0 Å². The van der Waals surface area contributed by atoms with Crippen LogP contribution in [0.3, 0.4) is 0 Å². The third-order valence-electron chi connectivity index (χ3n) is 4.44. The van der Waals surface area contributed by atoms with Crippen LogP contribution in [0, 0.1) is 0 Å². The van der Waals surface area contributed by atoms with Gasteiger partial charge in [-0.2, -0.15) is 13.2 Å². The minimum absolute atomic E-state index is 0.0141. The van der Waals surface area contributed by atoms with Gasteiger partial charge in [0.25, 0.3) is 0 Å². The SMILES string of the molecule is CCc1ccc(-c2ccc(N3CCN(C(=O)C(F)(F)F)CC3)nn2)cc1. The van der Waals surface area contributed by atoms with E-state index in [1.54, 1.807) is 6.07 Å². The van der Waals surface area contributed by atoms with Gasteiger partial charge in [0.1, 0.15) is 0 Å². The Morgan fingerprint density at radius 1 is 1.00 bits per heavy atom. The second-order valence-electron chi connectivity index (χ2n) is 6.10. The Balaban J connectivity index is 1.63. The molecule has 3 rings (SSSR count). The van der Waals surface area contributed by atoms with Crippen LogP contribution in [0.2, 0.25) is 0 Å². The van der Waals surface area contributed by atoms with Gasteiger partial charge in [0.05, 0.1) is 5.69 Å². The number of halogens is 3. The normalized spacial score (nSPS) is 15.2. The monoisotopic (exact) mass is 364 g/mol. The molecular formula is C18H19F3N4O. The minimum atomic E-state index is -4.82. The average Bonchev–Trinajstić information content (AvgIpc) is 2.67. The first-order valence-corrected chi connectivity index (χ1v) is 8.42. The van der Waals surface area contributed by atoms with Crippen molar-refractivity contribution >= 4 is 11.7 Å². The Morgan fingerprint density at radius 2 is 1.65 bits per heavy atom. The number of hydrogen-bond acceptors (Lipinski definition) is 4. The molecule has 1 amide bonds. The van der Waals surface area contributed by atoms with Gasteiger partial charge in [-0.05, 0) is 24.1 Å². The van der Waals surface area contributed by atoms with Crippen molar-refractivity contribution in [3.63, 3.8) is 0 Å². The van der Waals surface area contributed by atoms with Crippen LogP contribution in [0.15, 0.2) is 36.4 Å². The number of piperazine rings is 1. The topological polar surface area (TPSA) is 49.3 Å². The van der Waals surface area contributed by atoms with Gasteiger partial charge in [0.2, 0.25) is 0 Å². The molecule has 2 aromatic rings. The van der Waals surface area contributed by atoms with E-state index in [1.165, 1.54) is 5.56 Å². The van der Waals surface area contributed by atoms with Crippen molar-refractivity contribution in [1.29, 1.82) is 0 Å². The highest BCUT2D eigenvalue weighted by molar-refractivity contribution is 5.82. The molecule has 0 atom stereocenters. The number of amides is 1. The zero-order valence-corrected chi connectivity index (χ0v) is 14.3. The Kier molecular flexibility index (Phi) is 5.11. The van der Waals surface area contributed by atoms with Crippen molar-refractivity contribution in [3.05, 3.63) is 42.0 Å². The van der Waals surface area contributed by atoms with E-state index in [2.05, 4.69) is 17.1 Å². The highest BCUT2D eigenvalue weighted by Crippen LogP contribution is 2.22. The maximum absolute atomic E-state index is 12.5. The van der Waals surface area contributed by atoms with Gasteiger partial charge in [0.15, 0.2) is 5.82 Å². The molecule has 0 aliphatic carbocycles. The number of alkyl halides is 3. The summed E-state index contributed by atoms with van der Waals surface area (Å²) in [5.41, 5.74) is 2.94. The van der Waals surface area contributed by atoms with Crippen molar-refractivity contribution in [2.24, 2.45) is 0 Å². The van der Waals surface area contributed by atoms with E-state index < -0.39 is 12.1 Å². The molecule has 1 saturated heterocycles. The molecule has 1 aliphatic heterocycles. The molecule has 1 aromatic carbocycles. The predicted octanol–water partition coefficient (Wildman–Crippen LogP) is 2.92. The Hall–Kier alpha value is -2.64. The zero-order chi connectivity index (χ0) is 18.7. The quantitative estimate of drug-likeness (QED) is 0.840. The molecule has 5 nitrogen and oxygen atoms in total. The lowest BCUT2D eigenvalue weighted by molar-refractivity contribution is -0.185. The number of aryl methyl sites for hydroxylation is 1. The summed E-state index contributed by atoms with van der Waals surface area (Å²) in [5, 5.41) is 8.41. The lowest BCUT2D eigenvalue weighted by atomic mass is 10.1. The van der Waals surface area contributed by atoms with Crippen LogP contribution >= 0.6 is 0 Å². The second-order valence-corrected chi connectivity index (χ2v) is 6.10. The summed E-state index contributed by atoms with van der Waals surface area (Å²) >= 11 is 0. The molecule has 0 saturated carbocycles. The fourth-order valence-electron chi connectivity index (χ4n) is 2.88. The van der Waals surface area contributed by atoms with Gasteiger partial charge < -0.3 is 9.80 Å². The molecule has 0 bridgehead atoms. The van der Waals surface area contributed by atoms with Crippen LogP contribution in [0.25, 0.3) is 11.3 Å². The molecule has 1 aromatic heterocycles. The molecule has 0 N–H and O–H groups in total. The van der Waals surface area contributed by atoms with Crippen LogP contribution in [0.5, 0.6) is 0 Å². The van der Waals surface area contributed by atoms with Gasteiger partial charge in [-0.25, -0.2) is 0 Å². The summed E-state index contributed by atoms with van der Waals surface area (Å²) in [6, 6.07) is 11.7. The molecule has 8 heteroatoms. The highest BCUT2D eigenvalue weighted by Gasteiger charge is 2.43. The molecular weight excluding hydrogens is 345 g/mol. The number of carbonyl (C=O) groups excluding carboxylic acids is 1. The number of anilines is 1. The van der Waals surface area contributed by atoms with Crippen molar-refractivity contribution in [2.75, 3.05) is 31.1 Å². The third kappa shape index (κ3) is 3.95. The second kappa shape index (κ2) is 7.31. The maximum atomic E-state index is 12.5. The van der Waals surface area contributed by atoms with Gasteiger partial charge in [-0.3, -0.25) is 4.79 Å². The molecule has 26 heavy (non-hydrogen) atoms. The van der Waals surface area contributed by atoms with Gasteiger partial charge in [-0.15, -0.1) is 10.2 Å². The largest absolute Gasteiger partial charge is 0.471 e. The van der Waals surface area contributed by atoms with E-state index >= 15 is 0 Å². The zero-order valence-electron chi connectivity index (χ0n) is 14.3. The van der Waals surface area contributed by atoms with Gasteiger partial charge >= 0.3 is 12.1 Å². The van der Waals surface area contributed by atoms with Crippen LogP contribution in [0.1, 0.15) is 12.5 Å². The minimum Gasteiger partial charge on any atom is -0.352 e. The molecule has 1 fully saturated rings. The van der Waals surface area contributed by atoms with Gasteiger partial charge in [0, 0.05) is 31.7 Å². The molecule has 2 heterocycles. The fourth-order valence-corrected chi connectivity index (χ4v) is 2.88. The van der Waals surface area contributed by atoms with Crippen LogP contribution in [-0.4, -0.2) is 53.4 Å². The maximum Gasteiger partial charge on any atom is 0.471 e. The fraction of sp³-hybridized carbons (Fsp3) is 0.389. The summed E-state index contributed by atoms with van der Waals surface area (Å²) in [6.45, 7) is 2.70. The van der Waals surface area contributed by atoms with Crippen LogP contribution in [-0.2, 0) is 11.2 Å². The number of hydrogen-bond donors (Lipinski definition) is 0. The number of carbonyl (C=O) groups is 1.